The molecule has 0 spiro atoms. The highest BCUT2D eigenvalue weighted by atomic mass is 16.3. The van der Waals surface area contributed by atoms with E-state index in [0.717, 1.165) is 5.56 Å². The molecule has 0 aliphatic rings. The average Bonchev–Trinajstić information content (AvgIpc) is 2.68. The van der Waals surface area contributed by atoms with Crippen molar-refractivity contribution in [2.45, 2.75) is 5.60 Å². The molecule has 3 aromatic rings. The van der Waals surface area contributed by atoms with Crippen LogP contribution in [0, 0.1) is 11.8 Å². The lowest BCUT2D eigenvalue weighted by Gasteiger charge is -2.21. The summed E-state index contributed by atoms with van der Waals surface area (Å²) in [6, 6.07) is 26.8. The van der Waals surface area contributed by atoms with E-state index in [1.165, 1.54) is 0 Å². The number of benzene rings is 3. The summed E-state index contributed by atoms with van der Waals surface area (Å²) in [6.07, 6.45) is 0. The molecular weight excluding hydrogens is 296 g/mol. The van der Waals surface area contributed by atoms with Crippen LogP contribution in [0.2, 0.25) is 0 Å². The number of carbonyl (C=O) groups is 1. The molecule has 0 fully saturated rings. The van der Waals surface area contributed by atoms with Crippen molar-refractivity contribution < 1.29 is 9.90 Å². The van der Waals surface area contributed by atoms with Gasteiger partial charge in [-0.2, -0.15) is 0 Å². The Morgan fingerprint density at radius 3 is 1.83 bits per heavy atom. The number of Topliss-reactive ketones (excluding diaryl/α,β-unsaturated/α-hetero) is 1. The Hall–Kier alpha value is -3.15. The number of carbonyl (C=O) groups excluding carboxylic acids is 1. The molecule has 0 aromatic heterocycles. The Balaban J connectivity index is 2.09. The Bertz CT molecular complexity index is 875. The zero-order valence-electron chi connectivity index (χ0n) is 13.0. The maximum Gasteiger partial charge on any atom is 0.215 e. The Kier molecular flexibility index (Phi) is 4.56. The molecule has 2 nitrogen and oxygen atoms in total. The van der Waals surface area contributed by atoms with Gasteiger partial charge in [0.1, 0.15) is 0 Å². The standard InChI is InChI=1S/C22H16O2/c23-21(19-12-6-2-7-13-19)22(24,20-14-8-3-9-15-20)17-16-18-10-4-1-5-11-18/h1-15,24H/t22-/m1/s1. The SMILES string of the molecule is O=C(c1ccccc1)[C@@](O)(C#Cc1ccccc1)c1ccccc1. The molecule has 116 valence electrons. The normalized spacial score (nSPS) is 12.5. The summed E-state index contributed by atoms with van der Waals surface area (Å²) >= 11 is 0. The van der Waals surface area contributed by atoms with E-state index in [1.807, 2.05) is 42.5 Å². The van der Waals surface area contributed by atoms with Gasteiger partial charge >= 0.3 is 0 Å². The third kappa shape index (κ3) is 3.27. The summed E-state index contributed by atoms with van der Waals surface area (Å²) in [5.41, 5.74) is -0.264. The summed E-state index contributed by atoms with van der Waals surface area (Å²) in [7, 11) is 0. The summed E-state index contributed by atoms with van der Waals surface area (Å²) in [5, 5.41) is 11.1. The van der Waals surface area contributed by atoms with Crippen LogP contribution in [-0.2, 0) is 5.60 Å². The van der Waals surface area contributed by atoms with Crippen molar-refractivity contribution in [3.63, 3.8) is 0 Å². The third-order valence-corrected chi connectivity index (χ3v) is 3.72. The quantitative estimate of drug-likeness (QED) is 0.590. The van der Waals surface area contributed by atoms with Crippen molar-refractivity contribution >= 4 is 5.78 Å². The van der Waals surface area contributed by atoms with Gasteiger partial charge in [0.2, 0.25) is 11.4 Å². The fourth-order valence-electron chi connectivity index (χ4n) is 2.42. The second-order valence-corrected chi connectivity index (χ2v) is 5.39. The van der Waals surface area contributed by atoms with Gasteiger partial charge < -0.3 is 5.11 Å². The molecule has 3 rings (SSSR count). The highest BCUT2D eigenvalue weighted by Gasteiger charge is 2.36. The zero-order valence-corrected chi connectivity index (χ0v) is 13.0. The maximum atomic E-state index is 12.9. The van der Waals surface area contributed by atoms with Gasteiger partial charge in [-0.3, -0.25) is 4.79 Å². The molecule has 1 atom stereocenters. The fourth-order valence-corrected chi connectivity index (χ4v) is 2.42. The predicted molar refractivity (Wildman–Crippen MR) is 94.4 cm³/mol. The number of ketones is 1. The van der Waals surface area contributed by atoms with Crippen LogP contribution >= 0.6 is 0 Å². The molecular formula is C22H16O2. The van der Waals surface area contributed by atoms with E-state index in [1.54, 1.807) is 48.5 Å². The molecule has 3 aromatic carbocycles. The van der Waals surface area contributed by atoms with Gasteiger partial charge in [0.05, 0.1) is 0 Å². The molecule has 2 heteroatoms. The molecule has 24 heavy (non-hydrogen) atoms. The van der Waals surface area contributed by atoms with Crippen molar-refractivity contribution in [2.75, 3.05) is 0 Å². The number of aliphatic hydroxyl groups is 1. The van der Waals surface area contributed by atoms with Gasteiger partial charge in [-0.15, -0.1) is 0 Å². The number of rotatable bonds is 3. The van der Waals surface area contributed by atoms with Crippen molar-refractivity contribution in [2.24, 2.45) is 0 Å². The van der Waals surface area contributed by atoms with Crippen LogP contribution in [0.1, 0.15) is 21.5 Å². The molecule has 1 N–H and O–H groups in total. The third-order valence-electron chi connectivity index (χ3n) is 3.72. The Morgan fingerprint density at radius 1 is 0.750 bits per heavy atom. The molecule has 0 aliphatic carbocycles. The van der Waals surface area contributed by atoms with Crippen LogP contribution in [0.5, 0.6) is 0 Å². The van der Waals surface area contributed by atoms with Crippen LogP contribution in [0.15, 0.2) is 91.0 Å². The first-order chi connectivity index (χ1) is 11.7. The van der Waals surface area contributed by atoms with E-state index < -0.39 is 11.4 Å². The number of hydrogen-bond acceptors (Lipinski definition) is 2. The molecule has 0 saturated carbocycles. The van der Waals surface area contributed by atoms with Crippen molar-refractivity contribution in [1.82, 2.24) is 0 Å². The molecule has 0 heterocycles. The van der Waals surface area contributed by atoms with Gasteiger partial charge in [-0.25, -0.2) is 0 Å². The van der Waals surface area contributed by atoms with Crippen molar-refractivity contribution in [1.29, 1.82) is 0 Å². The first kappa shape index (κ1) is 15.7. The van der Waals surface area contributed by atoms with Crippen molar-refractivity contribution in [3.05, 3.63) is 108 Å². The fraction of sp³-hybridized carbons (Fsp3) is 0.0455. The molecule has 0 bridgehead atoms. The molecule has 0 saturated heterocycles. The zero-order chi connectivity index (χ0) is 16.8. The van der Waals surface area contributed by atoms with E-state index >= 15 is 0 Å². The highest BCUT2D eigenvalue weighted by molar-refractivity contribution is 6.05. The van der Waals surface area contributed by atoms with Crippen molar-refractivity contribution in [3.8, 4) is 11.8 Å². The van der Waals surface area contributed by atoms with E-state index in [4.69, 9.17) is 0 Å². The van der Waals surface area contributed by atoms with Gasteiger partial charge in [-0.1, -0.05) is 84.8 Å². The van der Waals surface area contributed by atoms with Gasteiger partial charge in [0.25, 0.3) is 0 Å². The van der Waals surface area contributed by atoms with Gasteiger partial charge in [0.15, 0.2) is 0 Å². The lowest BCUT2D eigenvalue weighted by molar-refractivity contribution is 0.0554. The smallest absolute Gasteiger partial charge is 0.215 e. The largest absolute Gasteiger partial charge is 0.367 e. The minimum atomic E-state index is -1.89. The van der Waals surface area contributed by atoms with Crippen LogP contribution in [0.3, 0.4) is 0 Å². The monoisotopic (exact) mass is 312 g/mol. The van der Waals surface area contributed by atoms with E-state index in [0.29, 0.717) is 11.1 Å². The summed E-state index contributed by atoms with van der Waals surface area (Å²) in [4.78, 5) is 12.9. The summed E-state index contributed by atoms with van der Waals surface area (Å²) in [5.74, 6) is 5.26. The second-order valence-electron chi connectivity index (χ2n) is 5.39. The van der Waals surface area contributed by atoms with E-state index in [-0.39, 0.29) is 0 Å². The Labute approximate surface area is 141 Å². The van der Waals surface area contributed by atoms with Crippen LogP contribution in [-0.4, -0.2) is 10.9 Å². The molecule has 0 amide bonds. The first-order valence-electron chi connectivity index (χ1n) is 7.66. The lowest BCUT2D eigenvalue weighted by atomic mass is 9.86. The topological polar surface area (TPSA) is 37.3 Å². The number of hydrogen-bond donors (Lipinski definition) is 1. The molecule has 0 unspecified atom stereocenters. The predicted octanol–water partition coefficient (Wildman–Crippen LogP) is 3.81. The molecule has 0 radical (unpaired) electrons. The molecule has 0 aliphatic heterocycles. The second kappa shape index (κ2) is 6.95. The van der Waals surface area contributed by atoms with E-state index in [9.17, 15) is 9.90 Å². The van der Waals surface area contributed by atoms with Crippen LogP contribution < -0.4 is 0 Å². The first-order valence-corrected chi connectivity index (χ1v) is 7.66. The highest BCUT2D eigenvalue weighted by Crippen LogP contribution is 2.25. The average molecular weight is 312 g/mol. The summed E-state index contributed by atoms with van der Waals surface area (Å²) < 4.78 is 0. The lowest BCUT2D eigenvalue weighted by Crippen LogP contribution is -2.34. The van der Waals surface area contributed by atoms with Crippen LogP contribution in [0.4, 0.5) is 0 Å². The van der Waals surface area contributed by atoms with Gasteiger partial charge in [-0.05, 0) is 18.1 Å². The van der Waals surface area contributed by atoms with Gasteiger partial charge in [0, 0.05) is 16.7 Å². The summed E-state index contributed by atoms with van der Waals surface area (Å²) in [6.45, 7) is 0. The van der Waals surface area contributed by atoms with Crippen LogP contribution in [0.25, 0.3) is 0 Å². The Morgan fingerprint density at radius 2 is 1.25 bits per heavy atom. The minimum Gasteiger partial charge on any atom is -0.367 e. The van der Waals surface area contributed by atoms with E-state index in [2.05, 4.69) is 11.8 Å². The maximum absolute atomic E-state index is 12.9. The minimum absolute atomic E-state index is 0.422.